The Morgan fingerprint density at radius 2 is 1.10 bits per heavy atom. The van der Waals surface area contributed by atoms with Gasteiger partial charge in [-0.15, -0.1) is 0 Å². The molecule has 6 N–H and O–H groups in total. The first-order valence-corrected chi connectivity index (χ1v) is 37.6. The van der Waals surface area contributed by atoms with Gasteiger partial charge in [0, 0.05) is 85.2 Å². The van der Waals surface area contributed by atoms with Crippen molar-refractivity contribution in [2.75, 3.05) is 101 Å². The molecular formula is C77H123ClN12O16. The van der Waals surface area contributed by atoms with Crippen molar-refractivity contribution in [3.8, 4) is 0 Å². The minimum absolute atomic E-state index is 0.0258. The van der Waals surface area contributed by atoms with Gasteiger partial charge >= 0.3 is 0 Å². The van der Waals surface area contributed by atoms with E-state index >= 15 is 43.2 Å². The summed E-state index contributed by atoms with van der Waals surface area (Å²) >= 11 is 6.48. The number of benzene rings is 2. The van der Waals surface area contributed by atoms with Gasteiger partial charge in [0.2, 0.25) is 70.9 Å². The van der Waals surface area contributed by atoms with Gasteiger partial charge in [-0.3, -0.25) is 57.5 Å². The summed E-state index contributed by atoms with van der Waals surface area (Å²) in [7, 11) is 8.16. The second-order valence-corrected chi connectivity index (χ2v) is 32.0. The molecule has 0 unspecified atom stereocenters. The molecule has 4 rings (SSSR count). The van der Waals surface area contributed by atoms with Crippen LogP contribution in [0, 0.1) is 23.2 Å². The predicted molar refractivity (Wildman–Crippen MR) is 403 cm³/mol. The Kier molecular flexibility index (Phi) is 36.0. The fourth-order valence-electron chi connectivity index (χ4n) is 12.7. The quantitative estimate of drug-likeness (QED) is 0.104. The number of unbranched alkanes of at least 4 members (excludes halogenated alkanes) is 1. The molecule has 0 aliphatic carbocycles. The van der Waals surface area contributed by atoms with Crippen LogP contribution in [-0.2, 0) is 79.8 Å². The maximum Gasteiger partial charge on any atom is 0.248 e. The number of aliphatic hydroxyl groups excluding tert-OH is 2. The number of likely N-dealkylation sites (tertiary alicyclic amines) is 1. The van der Waals surface area contributed by atoms with Gasteiger partial charge < -0.3 is 80.2 Å². The highest BCUT2D eigenvalue weighted by Crippen LogP contribution is 2.24. The molecule has 106 heavy (non-hydrogen) atoms. The molecule has 0 bridgehead atoms. The minimum atomic E-state index is -1.72. The summed E-state index contributed by atoms with van der Waals surface area (Å²) in [4.78, 5) is 191. The zero-order valence-electron chi connectivity index (χ0n) is 66.2. The zero-order chi connectivity index (χ0) is 79.8. The van der Waals surface area contributed by atoms with E-state index in [1.54, 1.807) is 122 Å². The first-order chi connectivity index (χ1) is 49.5. The molecule has 2 aromatic carbocycles. The Labute approximate surface area is 633 Å². The molecule has 12 amide bonds. The maximum atomic E-state index is 15.5. The van der Waals surface area contributed by atoms with Crippen LogP contribution >= 0.6 is 11.6 Å². The minimum Gasteiger partial charge on any atom is -0.396 e. The fourth-order valence-corrected chi connectivity index (χ4v) is 12.9. The Morgan fingerprint density at radius 3 is 1.63 bits per heavy atom. The molecule has 2 aliphatic heterocycles. The lowest BCUT2D eigenvalue weighted by molar-refractivity contribution is -0.152. The summed E-state index contributed by atoms with van der Waals surface area (Å²) in [5.41, 5.74) is -0.597. The molecule has 10 atom stereocenters. The van der Waals surface area contributed by atoms with Crippen LogP contribution in [0.3, 0.4) is 0 Å². The van der Waals surface area contributed by atoms with E-state index < -0.39 is 181 Å². The highest BCUT2D eigenvalue weighted by atomic mass is 35.5. The van der Waals surface area contributed by atoms with E-state index in [9.17, 15) is 24.6 Å². The summed E-state index contributed by atoms with van der Waals surface area (Å²) in [5, 5.41) is 33.2. The van der Waals surface area contributed by atoms with E-state index in [1.807, 2.05) is 20.8 Å². The Morgan fingerprint density at radius 1 is 0.585 bits per heavy atom. The van der Waals surface area contributed by atoms with Gasteiger partial charge in [-0.05, 0) is 107 Å². The average molecular weight is 1510 g/mol. The van der Waals surface area contributed by atoms with Crippen molar-refractivity contribution in [2.24, 2.45) is 23.2 Å². The van der Waals surface area contributed by atoms with Crippen LogP contribution in [0.5, 0.6) is 0 Å². The smallest absolute Gasteiger partial charge is 0.248 e. The van der Waals surface area contributed by atoms with E-state index in [4.69, 9.17) is 21.1 Å². The summed E-state index contributed by atoms with van der Waals surface area (Å²) in [6.45, 7) is 20.4. The lowest BCUT2D eigenvalue weighted by Crippen LogP contribution is -2.62. The Balaban J connectivity index is 2.02. The zero-order valence-corrected chi connectivity index (χ0v) is 67.0. The van der Waals surface area contributed by atoms with Crippen molar-refractivity contribution < 1.29 is 77.2 Å². The van der Waals surface area contributed by atoms with Crippen molar-refractivity contribution in [3.05, 3.63) is 70.7 Å². The van der Waals surface area contributed by atoms with Crippen molar-refractivity contribution in [1.82, 2.24) is 60.5 Å². The van der Waals surface area contributed by atoms with Gasteiger partial charge in [-0.1, -0.05) is 123 Å². The lowest BCUT2D eigenvalue weighted by atomic mass is 9.96. The number of carbonyl (C=O) groups is 12. The molecule has 2 saturated heterocycles. The van der Waals surface area contributed by atoms with Crippen molar-refractivity contribution in [2.45, 2.75) is 220 Å². The molecular weight excluding hydrogens is 1380 g/mol. The number of ether oxygens (including phenoxy) is 2. The van der Waals surface area contributed by atoms with E-state index in [0.717, 1.165) is 26.0 Å². The van der Waals surface area contributed by atoms with Crippen LogP contribution in [0.2, 0.25) is 5.02 Å². The van der Waals surface area contributed by atoms with Crippen molar-refractivity contribution >= 4 is 82.5 Å². The first-order valence-electron chi connectivity index (χ1n) is 37.2. The van der Waals surface area contributed by atoms with Gasteiger partial charge in [0.05, 0.1) is 57.6 Å². The normalized spacial score (nSPS) is 23.9. The van der Waals surface area contributed by atoms with Crippen LogP contribution in [0.1, 0.15) is 153 Å². The number of rotatable bonds is 21. The fraction of sp³-hybridized carbons (Fsp3) is 0.688. The number of nitrogens with zero attached hydrogens (tertiary/aromatic N) is 8. The summed E-state index contributed by atoms with van der Waals surface area (Å²) < 4.78 is 12.3. The molecule has 28 nitrogen and oxygen atoms in total. The van der Waals surface area contributed by atoms with Gasteiger partial charge in [0.25, 0.3) is 0 Å². The van der Waals surface area contributed by atoms with Crippen molar-refractivity contribution in [1.29, 1.82) is 0 Å². The number of nitrogens with one attached hydrogen (secondary N) is 4. The predicted octanol–water partition coefficient (Wildman–Crippen LogP) is 3.68. The van der Waals surface area contributed by atoms with E-state index in [0.29, 0.717) is 54.9 Å². The number of aliphatic hydroxyl groups is 2. The number of hydrogen-bond donors (Lipinski definition) is 6. The van der Waals surface area contributed by atoms with Crippen LogP contribution in [0.15, 0.2) is 54.6 Å². The molecule has 2 aromatic rings. The van der Waals surface area contributed by atoms with Crippen LogP contribution in [0.4, 0.5) is 0 Å². The average Bonchev–Trinajstić information content (AvgIpc) is 0.816. The summed E-state index contributed by atoms with van der Waals surface area (Å²) in [6.07, 6.45) is 0.503. The standard InChI is InChI=1S/C77H123ClN12O16/c1-20-21-33-90-43-64(95)85(16)61(39-52-29-24-22-25-30-52)74(103)88(19)66(50(6)7)70(99)81-57(45-106-76(9,10)11)72(101)86(17)58(36-48(2)3)67(96)79-55(73(102)89-34-26-23-27-35-89)41-62(93)83(14)42-63(94)84(15)60(40-53-31-28-32-54(78)38-53)68(97)80-56(44-105-47-77(12,13)46-91)71(100)87(18)59(37-49(4)5)69(98)82-65(51(8)92)75(90)104/h22,24-25,28-32,38,48-51,55-61,65-66,91-92H,20-21,23,26-27,33-37,39-47H2,1-19H3,(H,79,96)(H,80,97)(H,81,99)(H,82,98)/t51-,55+,56+,57+,58+,59+,60+,61+,65+,66+/m1/s1. The number of carbonyl (C=O) groups excluding carboxylic acids is 12. The molecule has 0 saturated carbocycles. The number of amides is 12. The molecule has 2 heterocycles. The Bertz CT molecular complexity index is 3290. The molecule has 2 aliphatic rings. The van der Waals surface area contributed by atoms with E-state index in [-0.39, 0.29) is 57.3 Å². The topological polar surface area (TPSA) is 338 Å². The molecule has 2 fully saturated rings. The molecule has 0 aromatic heterocycles. The SMILES string of the molecule is CCCCN1CC(=O)N(C)[C@@H](Cc2ccccc2)C(=O)N(C)[C@@H](C(C)C)C(=O)N[C@@H](COC(C)(C)C)C(=O)N(C)[C@@H](CC(C)C)C(=O)N[C@H](C(=O)N2CCCCC2)CC(=O)N(C)CC(=O)N(C)[C@@H](Cc2cccc(Cl)c2)C(=O)N[C@@H](COCC(C)(C)CO)C(=O)N(C)[C@@H](CC(C)C)C(=O)N[C@@H]([C@@H](C)O)C1=O. The first kappa shape index (κ1) is 90.6. The highest BCUT2D eigenvalue weighted by Gasteiger charge is 2.44. The number of likely N-dealkylation sites (N-methyl/N-ethyl adjacent to an activating group) is 6. The largest absolute Gasteiger partial charge is 0.396 e. The highest BCUT2D eigenvalue weighted by molar-refractivity contribution is 6.30. The van der Waals surface area contributed by atoms with Gasteiger partial charge in [-0.25, -0.2) is 0 Å². The maximum absolute atomic E-state index is 15.5. The molecule has 0 spiro atoms. The summed E-state index contributed by atoms with van der Waals surface area (Å²) in [5.74, 6) is -10.6. The second kappa shape index (κ2) is 42.1. The number of piperidine rings is 1. The third kappa shape index (κ3) is 27.5. The Hall–Kier alpha value is -7.79. The third-order valence-corrected chi connectivity index (χ3v) is 19.5. The van der Waals surface area contributed by atoms with E-state index in [2.05, 4.69) is 21.3 Å². The monoisotopic (exact) mass is 1510 g/mol. The van der Waals surface area contributed by atoms with Gasteiger partial charge in [0.1, 0.15) is 54.4 Å². The van der Waals surface area contributed by atoms with Crippen molar-refractivity contribution in [3.63, 3.8) is 0 Å². The van der Waals surface area contributed by atoms with Crippen LogP contribution < -0.4 is 21.3 Å². The molecule has 594 valence electrons. The van der Waals surface area contributed by atoms with Gasteiger partial charge in [-0.2, -0.15) is 0 Å². The van der Waals surface area contributed by atoms with Gasteiger partial charge in [0.15, 0.2) is 0 Å². The molecule has 0 radical (unpaired) electrons. The second-order valence-electron chi connectivity index (χ2n) is 31.5. The molecule has 29 heteroatoms. The summed E-state index contributed by atoms with van der Waals surface area (Å²) in [6, 6.07) is 2.16. The van der Waals surface area contributed by atoms with Crippen LogP contribution in [-0.4, -0.2) is 288 Å². The number of halogens is 1. The lowest BCUT2D eigenvalue weighted by Gasteiger charge is -2.38. The van der Waals surface area contributed by atoms with Crippen LogP contribution in [0.25, 0.3) is 0 Å². The third-order valence-electron chi connectivity index (χ3n) is 19.2. The number of hydrogen-bond acceptors (Lipinski definition) is 16. The van der Waals surface area contributed by atoms with E-state index in [1.165, 1.54) is 63.9 Å².